The number of ketones is 2. The Labute approximate surface area is 223 Å². The fraction of sp³-hybridized carbons (Fsp3) is 0.462. The number of amides is 2. The van der Waals surface area contributed by atoms with Crippen molar-refractivity contribution < 1.29 is 49.1 Å². The van der Waals surface area contributed by atoms with Gasteiger partial charge >= 0.3 is 6.09 Å². The number of aliphatic hydroxyl groups is 3. The van der Waals surface area contributed by atoms with Crippen molar-refractivity contribution in [3.05, 3.63) is 45.4 Å². The molecule has 0 aromatic heterocycles. The van der Waals surface area contributed by atoms with E-state index in [9.17, 15) is 39.6 Å². The van der Waals surface area contributed by atoms with Gasteiger partial charge in [-0.15, -0.1) is 0 Å². The third-order valence-electron chi connectivity index (χ3n) is 7.54. The van der Waals surface area contributed by atoms with Gasteiger partial charge in [-0.25, -0.2) is 4.79 Å². The highest BCUT2D eigenvalue weighted by Gasteiger charge is 2.59. The summed E-state index contributed by atoms with van der Waals surface area (Å²) in [5.74, 6) is -6.95. The summed E-state index contributed by atoms with van der Waals surface area (Å²) in [5, 5.41) is 46.5. The lowest BCUT2D eigenvalue weighted by molar-refractivity contribution is -0.144. The van der Waals surface area contributed by atoms with E-state index in [0.717, 1.165) is 0 Å². The van der Waals surface area contributed by atoms with Crippen molar-refractivity contribution in [3.63, 3.8) is 0 Å². The van der Waals surface area contributed by atoms with Crippen LogP contribution in [0.3, 0.4) is 0 Å². The van der Waals surface area contributed by atoms with E-state index in [4.69, 9.17) is 15.2 Å². The Morgan fingerprint density at radius 2 is 1.87 bits per heavy atom. The first kappa shape index (κ1) is 27.9. The number of nitrogens with two attached hydrogens (primary N) is 1. The van der Waals surface area contributed by atoms with Gasteiger partial charge in [0.15, 0.2) is 11.4 Å². The van der Waals surface area contributed by atoms with E-state index in [2.05, 4.69) is 5.32 Å². The molecule has 3 aliphatic carbocycles. The second-order valence-electron chi connectivity index (χ2n) is 10.0. The number of alkyl carbamates (subject to hydrolysis) is 1. The minimum Gasteiger partial charge on any atom is -0.511 e. The van der Waals surface area contributed by atoms with Gasteiger partial charge in [0.1, 0.15) is 29.4 Å². The monoisotopic (exact) mass is 545 g/mol. The maximum Gasteiger partial charge on any atom is 0.407 e. The Balaban J connectivity index is 1.77. The molecule has 0 fully saturated rings. The van der Waals surface area contributed by atoms with Gasteiger partial charge in [0.2, 0.25) is 5.78 Å². The van der Waals surface area contributed by atoms with E-state index >= 15 is 0 Å². The van der Waals surface area contributed by atoms with E-state index in [1.165, 1.54) is 7.11 Å². The zero-order valence-electron chi connectivity index (χ0n) is 21.7. The summed E-state index contributed by atoms with van der Waals surface area (Å²) >= 11 is 0. The molecule has 0 aliphatic heterocycles. The van der Waals surface area contributed by atoms with E-state index in [-0.39, 0.29) is 55.7 Å². The zero-order valence-corrected chi connectivity index (χ0v) is 21.7. The molecule has 7 N–H and O–H groups in total. The Hall–Kier alpha value is -4.10. The zero-order chi connectivity index (χ0) is 28.8. The number of allylic oxidation sites excluding steroid dienone is 2. The van der Waals surface area contributed by atoms with Crippen LogP contribution in [0.4, 0.5) is 10.5 Å². The molecule has 0 heterocycles. The number of aromatic hydroxyl groups is 1. The van der Waals surface area contributed by atoms with E-state index in [1.54, 1.807) is 25.1 Å². The Kier molecular flexibility index (Phi) is 7.32. The molecule has 0 saturated heterocycles. The third-order valence-corrected chi connectivity index (χ3v) is 7.54. The van der Waals surface area contributed by atoms with Gasteiger partial charge in [-0.3, -0.25) is 14.4 Å². The largest absolute Gasteiger partial charge is 0.511 e. The van der Waals surface area contributed by atoms with E-state index in [0.29, 0.717) is 11.3 Å². The summed E-state index contributed by atoms with van der Waals surface area (Å²) in [5.41, 5.74) is 2.62. The number of aliphatic hydroxyl groups excluding tert-OH is 2. The van der Waals surface area contributed by atoms with Crippen LogP contribution >= 0.6 is 0 Å². The second kappa shape index (κ2) is 10.2. The maximum absolute atomic E-state index is 13.8. The lowest BCUT2D eigenvalue weighted by atomic mass is 9.60. The van der Waals surface area contributed by atoms with Crippen LogP contribution in [-0.4, -0.2) is 84.0 Å². The van der Waals surface area contributed by atoms with Crippen LogP contribution in [0.15, 0.2) is 28.7 Å². The molecular formula is C26H31N3O10. The molecular weight excluding hydrogens is 514 g/mol. The average molecular weight is 546 g/mol. The molecule has 1 aromatic rings. The van der Waals surface area contributed by atoms with Crippen molar-refractivity contribution in [1.82, 2.24) is 5.32 Å². The van der Waals surface area contributed by atoms with Crippen molar-refractivity contribution in [1.29, 1.82) is 0 Å². The van der Waals surface area contributed by atoms with Gasteiger partial charge < -0.3 is 45.9 Å². The number of benzene rings is 1. The highest BCUT2D eigenvalue weighted by molar-refractivity contribution is 6.24. The molecule has 13 nitrogen and oxygen atoms in total. The third kappa shape index (κ3) is 4.46. The lowest BCUT2D eigenvalue weighted by Gasteiger charge is -2.46. The van der Waals surface area contributed by atoms with Gasteiger partial charge in [-0.2, -0.15) is 0 Å². The number of nitrogens with one attached hydrogen (secondary N) is 1. The average Bonchev–Trinajstić information content (AvgIpc) is 2.85. The SMILES string of the molecule is COCCOC(=O)NCc1cc(N(C)C)c2c(c1O)C(=O)C1=C(O)[C@]3(O)C(=O)C(C(N)=O)=C(O)C[C@@H]3C[C@@H]1C2. The fourth-order valence-electron chi connectivity index (χ4n) is 5.69. The van der Waals surface area contributed by atoms with Gasteiger partial charge in [-0.05, 0) is 30.4 Å². The van der Waals surface area contributed by atoms with Crippen LogP contribution < -0.4 is 16.0 Å². The van der Waals surface area contributed by atoms with Crippen molar-refractivity contribution in [2.75, 3.05) is 39.3 Å². The van der Waals surface area contributed by atoms with Crippen molar-refractivity contribution in [3.8, 4) is 5.75 Å². The van der Waals surface area contributed by atoms with Gasteiger partial charge in [0.25, 0.3) is 5.91 Å². The highest BCUT2D eigenvalue weighted by atomic mass is 16.6. The number of phenolic OH excluding ortho intramolecular Hbond substituents is 1. The molecule has 1 aromatic carbocycles. The first-order chi connectivity index (χ1) is 18.3. The molecule has 39 heavy (non-hydrogen) atoms. The summed E-state index contributed by atoms with van der Waals surface area (Å²) in [7, 11) is 4.93. The van der Waals surface area contributed by atoms with Gasteiger partial charge in [0, 0.05) is 56.9 Å². The first-order valence-corrected chi connectivity index (χ1v) is 12.3. The maximum atomic E-state index is 13.8. The number of carbonyl (C=O) groups excluding carboxylic acids is 4. The van der Waals surface area contributed by atoms with Crippen LogP contribution in [0, 0.1) is 11.8 Å². The first-order valence-electron chi connectivity index (χ1n) is 12.3. The molecule has 13 heteroatoms. The van der Waals surface area contributed by atoms with Crippen LogP contribution in [0.2, 0.25) is 0 Å². The highest BCUT2D eigenvalue weighted by Crippen LogP contribution is 2.52. The minimum absolute atomic E-state index is 0.0157. The van der Waals surface area contributed by atoms with E-state index < -0.39 is 63.8 Å². The predicted octanol–water partition coefficient (Wildman–Crippen LogP) is 0.519. The molecule has 0 spiro atoms. The summed E-state index contributed by atoms with van der Waals surface area (Å²) in [6.45, 7) is 0.0223. The van der Waals surface area contributed by atoms with Crippen LogP contribution in [0.5, 0.6) is 5.75 Å². The number of nitrogens with zero attached hydrogens (tertiary/aromatic N) is 1. The Morgan fingerprint density at radius 1 is 1.18 bits per heavy atom. The summed E-state index contributed by atoms with van der Waals surface area (Å²) in [6.07, 6.45) is -0.859. The summed E-state index contributed by atoms with van der Waals surface area (Å²) < 4.78 is 9.78. The smallest absolute Gasteiger partial charge is 0.407 e. The topological polar surface area (TPSA) is 209 Å². The molecule has 0 bridgehead atoms. The number of phenols is 1. The number of fused-ring (bicyclic) bond motifs is 3. The molecule has 0 unspecified atom stereocenters. The molecule has 3 atom stereocenters. The van der Waals surface area contributed by atoms with E-state index in [1.807, 2.05) is 0 Å². The molecule has 4 rings (SSSR count). The number of hydrogen-bond donors (Lipinski definition) is 6. The number of hydrogen-bond acceptors (Lipinski definition) is 11. The van der Waals surface area contributed by atoms with Crippen LogP contribution in [0.1, 0.15) is 34.3 Å². The number of anilines is 1. The standard InChI is InChI=1S/C26H31N3O10/c1-29(2)15-8-12(10-28-25(36)39-5-4-38-3)20(31)18-14(15)7-11-6-13-9-16(30)19(24(27)35)23(34)26(13,37)22(33)17(11)21(18)32/h8,11,13,30-31,33,37H,4-7,9-10H2,1-3H3,(H2,27,35)(H,28,36)/t11-,13+,26+/m1/s1. The number of rotatable bonds is 7. The number of Topliss-reactive ketones (excluding diaryl/α,β-unsaturated/α-hetero) is 2. The number of primary amides is 1. The quantitative estimate of drug-likeness (QED) is 0.205. The Bertz CT molecular complexity index is 1330. The molecule has 0 saturated carbocycles. The molecule has 210 valence electrons. The molecule has 3 aliphatic rings. The van der Waals surface area contributed by atoms with Gasteiger partial charge in [0.05, 0.1) is 12.2 Å². The predicted molar refractivity (Wildman–Crippen MR) is 135 cm³/mol. The molecule has 0 radical (unpaired) electrons. The molecule has 2 amide bonds. The summed E-state index contributed by atoms with van der Waals surface area (Å²) in [4.78, 5) is 52.5. The van der Waals surface area contributed by atoms with Crippen LogP contribution in [-0.2, 0) is 32.0 Å². The Morgan fingerprint density at radius 3 is 2.49 bits per heavy atom. The normalized spacial score (nSPS) is 24.1. The minimum atomic E-state index is -2.64. The summed E-state index contributed by atoms with van der Waals surface area (Å²) in [6, 6.07) is 1.63. The fourth-order valence-corrected chi connectivity index (χ4v) is 5.69. The lowest BCUT2D eigenvalue weighted by Crippen LogP contribution is -2.57. The number of ether oxygens (including phenoxy) is 2. The number of methoxy groups -OCH3 is 1. The van der Waals surface area contributed by atoms with Crippen LogP contribution in [0.25, 0.3) is 0 Å². The van der Waals surface area contributed by atoms with Crippen molar-refractivity contribution >= 4 is 29.3 Å². The van der Waals surface area contributed by atoms with Crippen molar-refractivity contribution in [2.45, 2.75) is 31.4 Å². The van der Waals surface area contributed by atoms with Crippen molar-refractivity contribution in [2.24, 2.45) is 17.6 Å². The second-order valence-corrected chi connectivity index (χ2v) is 10.0. The van der Waals surface area contributed by atoms with Gasteiger partial charge in [-0.1, -0.05) is 0 Å². The number of carbonyl (C=O) groups is 4.